The maximum atomic E-state index is 12.3. The molecule has 0 spiro atoms. The zero-order chi connectivity index (χ0) is 21.6. The molecule has 11 heteroatoms. The van der Waals surface area contributed by atoms with Gasteiger partial charge in [0.25, 0.3) is 0 Å². The Kier molecular flexibility index (Phi) is 7.80. The van der Waals surface area contributed by atoms with E-state index in [-0.39, 0.29) is 24.3 Å². The van der Waals surface area contributed by atoms with E-state index in [1.165, 1.54) is 0 Å². The number of ether oxygens (including phenoxy) is 2. The Labute approximate surface area is 166 Å². The van der Waals surface area contributed by atoms with Gasteiger partial charge < -0.3 is 24.4 Å². The van der Waals surface area contributed by atoms with Crippen LogP contribution in [-0.4, -0.2) is 83.6 Å². The van der Waals surface area contributed by atoms with E-state index in [4.69, 9.17) is 19.4 Å². The molecule has 2 aliphatic rings. The predicted octanol–water partition coefficient (Wildman–Crippen LogP) is 2.14. The van der Waals surface area contributed by atoms with Crippen molar-refractivity contribution in [3.63, 3.8) is 0 Å². The molecule has 1 aromatic heterocycles. The first-order valence-corrected chi connectivity index (χ1v) is 9.02. The number of carboxylic acid groups (broad SMARTS) is 1. The summed E-state index contributed by atoms with van der Waals surface area (Å²) in [6.07, 6.45) is -1.47. The number of pyridine rings is 1. The van der Waals surface area contributed by atoms with Crippen molar-refractivity contribution in [3.8, 4) is 0 Å². The van der Waals surface area contributed by atoms with Crippen molar-refractivity contribution in [1.82, 2.24) is 14.8 Å². The van der Waals surface area contributed by atoms with Gasteiger partial charge in [-0.25, -0.2) is 9.59 Å². The van der Waals surface area contributed by atoms with Crippen molar-refractivity contribution < 1.29 is 37.3 Å². The molecule has 0 aliphatic carbocycles. The van der Waals surface area contributed by atoms with Crippen LogP contribution in [-0.2, 0) is 20.9 Å². The van der Waals surface area contributed by atoms with Gasteiger partial charge in [-0.05, 0) is 25.0 Å². The summed E-state index contributed by atoms with van der Waals surface area (Å²) in [5.41, 5.74) is 0.896. The second-order valence-electron chi connectivity index (χ2n) is 6.85. The molecule has 29 heavy (non-hydrogen) atoms. The molecule has 1 aromatic rings. The summed E-state index contributed by atoms with van der Waals surface area (Å²) < 4.78 is 43.7. The molecule has 162 valence electrons. The van der Waals surface area contributed by atoms with Crippen LogP contribution in [0.2, 0.25) is 0 Å². The van der Waals surface area contributed by atoms with Crippen molar-refractivity contribution in [1.29, 1.82) is 0 Å². The fraction of sp³-hybridized carbons (Fsp3) is 0.611. The van der Waals surface area contributed by atoms with Crippen molar-refractivity contribution in [2.75, 3.05) is 27.2 Å². The lowest BCUT2D eigenvalue weighted by molar-refractivity contribution is -0.192. The third-order valence-corrected chi connectivity index (χ3v) is 4.52. The van der Waals surface area contributed by atoms with Gasteiger partial charge in [-0.15, -0.1) is 0 Å². The first-order chi connectivity index (χ1) is 13.6. The van der Waals surface area contributed by atoms with Gasteiger partial charge in [-0.3, -0.25) is 4.98 Å². The molecule has 8 nitrogen and oxygen atoms in total. The van der Waals surface area contributed by atoms with Crippen LogP contribution in [0, 0.1) is 0 Å². The third-order valence-electron chi connectivity index (χ3n) is 4.52. The fourth-order valence-electron chi connectivity index (χ4n) is 3.21. The summed E-state index contributed by atoms with van der Waals surface area (Å²) in [5.74, 6) is -2.76. The normalized spacial score (nSPS) is 23.6. The summed E-state index contributed by atoms with van der Waals surface area (Å²) in [7, 11) is 3.56. The van der Waals surface area contributed by atoms with E-state index in [1.54, 1.807) is 25.2 Å². The lowest BCUT2D eigenvalue weighted by Gasteiger charge is -2.33. The second-order valence-corrected chi connectivity index (χ2v) is 6.85. The highest BCUT2D eigenvalue weighted by molar-refractivity contribution is 5.75. The molecule has 2 amide bonds. The van der Waals surface area contributed by atoms with Crippen LogP contribution in [0.25, 0.3) is 0 Å². The smallest absolute Gasteiger partial charge is 0.475 e. The maximum Gasteiger partial charge on any atom is 0.490 e. The zero-order valence-corrected chi connectivity index (χ0v) is 16.1. The van der Waals surface area contributed by atoms with Gasteiger partial charge >= 0.3 is 18.2 Å². The lowest BCUT2D eigenvalue weighted by atomic mass is 10.0. The maximum absolute atomic E-state index is 12.3. The van der Waals surface area contributed by atoms with E-state index in [0.29, 0.717) is 13.2 Å². The van der Waals surface area contributed by atoms with Gasteiger partial charge in [0.2, 0.25) is 0 Å². The first kappa shape index (κ1) is 22.9. The molecule has 2 fully saturated rings. The van der Waals surface area contributed by atoms with Gasteiger partial charge in [-0.1, -0.05) is 6.07 Å². The van der Waals surface area contributed by atoms with E-state index in [9.17, 15) is 18.0 Å². The SMILES string of the molecule is CN(C)C(=O)N1C[C@@H](OCc2ccccn2)[C@@H]2OCCC[C@@H]21.O=C(O)C(F)(F)F. The molecule has 2 saturated heterocycles. The highest BCUT2D eigenvalue weighted by Gasteiger charge is 2.47. The Balaban J connectivity index is 0.000000370. The number of hydrogen-bond acceptors (Lipinski definition) is 5. The molecular weight excluding hydrogens is 395 g/mol. The minimum absolute atomic E-state index is 0.0265. The molecule has 0 unspecified atom stereocenters. The molecule has 2 aliphatic heterocycles. The minimum Gasteiger partial charge on any atom is -0.475 e. The molecule has 3 heterocycles. The number of rotatable bonds is 3. The monoisotopic (exact) mass is 419 g/mol. The van der Waals surface area contributed by atoms with Gasteiger partial charge in [0.1, 0.15) is 12.2 Å². The Morgan fingerprint density at radius 1 is 1.38 bits per heavy atom. The molecule has 0 radical (unpaired) electrons. The van der Waals surface area contributed by atoms with E-state index < -0.39 is 12.1 Å². The highest BCUT2D eigenvalue weighted by atomic mass is 19.4. The number of likely N-dealkylation sites (tertiary alicyclic amines) is 1. The number of urea groups is 1. The van der Waals surface area contributed by atoms with Crippen LogP contribution in [0.15, 0.2) is 24.4 Å². The number of fused-ring (bicyclic) bond motifs is 1. The molecule has 3 atom stereocenters. The first-order valence-electron chi connectivity index (χ1n) is 9.02. The average Bonchev–Trinajstić information content (AvgIpc) is 3.05. The summed E-state index contributed by atoms with van der Waals surface area (Å²) >= 11 is 0. The number of aromatic nitrogens is 1. The number of aliphatic carboxylic acids is 1. The van der Waals surface area contributed by atoms with Gasteiger partial charge in [0.15, 0.2) is 0 Å². The van der Waals surface area contributed by atoms with E-state index >= 15 is 0 Å². The number of carbonyl (C=O) groups excluding carboxylic acids is 1. The predicted molar refractivity (Wildman–Crippen MR) is 95.1 cm³/mol. The second kappa shape index (κ2) is 9.88. The van der Waals surface area contributed by atoms with Crippen molar-refractivity contribution in [2.45, 2.75) is 43.9 Å². The standard InChI is InChI=1S/C16H23N3O3.C2HF3O2/c1-18(2)16(20)19-10-14(15-13(19)7-5-9-21-15)22-11-12-6-3-4-8-17-12;3-2(4,5)1(6)7/h3-4,6,8,13-15H,5,7,9-11H2,1-2H3;(H,6,7)/t13-,14+,15+;/m0./s1. The molecule has 1 N–H and O–H groups in total. The Bertz CT molecular complexity index is 687. The van der Waals surface area contributed by atoms with Crippen LogP contribution in [0.3, 0.4) is 0 Å². The summed E-state index contributed by atoms with van der Waals surface area (Å²) in [5, 5.41) is 7.12. The Hall–Kier alpha value is -2.40. The van der Waals surface area contributed by atoms with Crippen LogP contribution < -0.4 is 0 Å². The van der Waals surface area contributed by atoms with Crippen LogP contribution in [0.1, 0.15) is 18.5 Å². The van der Waals surface area contributed by atoms with Gasteiger partial charge in [-0.2, -0.15) is 13.2 Å². The summed E-state index contributed by atoms with van der Waals surface area (Å²) in [6.45, 7) is 1.77. The number of carbonyl (C=O) groups is 2. The van der Waals surface area contributed by atoms with E-state index in [1.807, 2.05) is 23.1 Å². The van der Waals surface area contributed by atoms with Crippen molar-refractivity contribution >= 4 is 12.0 Å². The molecule has 0 bridgehead atoms. The largest absolute Gasteiger partial charge is 0.490 e. The van der Waals surface area contributed by atoms with Crippen LogP contribution in [0.4, 0.5) is 18.0 Å². The minimum atomic E-state index is -5.08. The van der Waals surface area contributed by atoms with Gasteiger partial charge in [0, 0.05) is 26.9 Å². The summed E-state index contributed by atoms with van der Waals surface area (Å²) in [6, 6.07) is 5.93. The average molecular weight is 419 g/mol. The van der Waals surface area contributed by atoms with Crippen molar-refractivity contribution in [2.24, 2.45) is 0 Å². The molecule has 0 aromatic carbocycles. The van der Waals surface area contributed by atoms with E-state index in [2.05, 4.69) is 4.98 Å². The lowest BCUT2D eigenvalue weighted by Crippen LogP contribution is -2.47. The van der Waals surface area contributed by atoms with Gasteiger partial charge in [0.05, 0.1) is 24.9 Å². The fourth-order valence-corrected chi connectivity index (χ4v) is 3.21. The zero-order valence-electron chi connectivity index (χ0n) is 16.1. The van der Waals surface area contributed by atoms with Crippen LogP contribution in [0.5, 0.6) is 0 Å². The number of carboxylic acids is 1. The molecule has 0 saturated carbocycles. The number of alkyl halides is 3. The number of amides is 2. The summed E-state index contributed by atoms with van der Waals surface area (Å²) in [4.78, 5) is 29.0. The third kappa shape index (κ3) is 6.29. The number of halogens is 3. The quantitative estimate of drug-likeness (QED) is 0.807. The van der Waals surface area contributed by atoms with E-state index in [0.717, 1.165) is 25.1 Å². The molecule has 3 rings (SSSR count). The number of hydrogen-bond donors (Lipinski definition) is 1. The molecular formula is C18H24F3N3O5. The Morgan fingerprint density at radius 2 is 2.07 bits per heavy atom. The Morgan fingerprint density at radius 3 is 2.62 bits per heavy atom. The highest BCUT2D eigenvalue weighted by Crippen LogP contribution is 2.31. The topological polar surface area (TPSA) is 92.2 Å². The van der Waals surface area contributed by atoms with Crippen LogP contribution >= 0.6 is 0 Å². The number of nitrogens with zero attached hydrogens (tertiary/aromatic N) is 3. The van der Waals surface area contributed by atoms with Crippen molar-refractivity contribution in [3.05, 3.63) is 30.1 Å².